The number of para-hydroxylation sites is 1. The van der Waals surface area contributed by atoms with Gasteiger partial charge in [-0.05, 0) is 107 Å². The van der Waals surface area contributed by atoms with Gasteiger partial charge in [0, 0.05) is 50.1 Å². The average molecular weight is 680 g/mol. The van der Waals surface area contributed by atoms with Gasteiger partial charge in [0.25, 0.3) is 0 Å². The first-order valence-corrected chi connectivity index (χ1v) is 18.2. The molecule has 3 heteroatoms. The van der Waals surface area contributed by atoms with Gasteiger partial charge in [0.1, 0.15) is 22.3 Å². The molecule has 2 aromatic heterocycles. The first-order chi connectivity index (χ1) is 26.1. The summed E-state index contributed by atoms with van der Waals surface area (Å²) in [6.45, 7) is 2.36. The van der Waals surface area contributed by atoms with Gasteiger partial charge < -0.3 is 13.7 Å². The number of benzene rings is 8. The lowest BCUT2D eigenvalue weighted by atomic mass is 9.74. The molecule has 11 rings (SSSR count). The first kappa shape index (κ1) is 29.8. The van der Waals surface area contributed by atoms with E-state index < -0.39 is 0 Å². The Kier molecular flexibility index (Phi) is 6.38. The maximum atomic E-state index is 6.66. The molecule has 1 aliphatic rings. The Morgan fingerprint density at radius 3 is 1.68 bits per heavy atom. The van der Waals surface area contributed by atoms with E-state index in [4.69, 9.17) is 8.83 Å². The molecule has 0 radical (unpaired) electrons. The minimum atomic E-state index is -0.274. The summed E-state index contributed by atoms with van der Waals surface area (Å²) in [5.74, 6) is 0. The average Bonchev–Trinajstić information content (AvgIpc) is 3.86. The fraction of sp³-hybridized carbons (Fsp3) is 0.0400. The van der Waals surface area contributed by atoms with E-state index in [0.29, 0.717) is 0 Å². The minimum Gasteiger partial charge on any atom is -0.456 e. The molecule has 0 bridgehead atoms. The number of fused-ring (bicyclic) bond motifs is 9. The molecule has 2 heterocycles. The molecule has 0 unspecified atom stereocenters. The molecular formula is C50H33NO2. The summed E-state index contributed by atoms with van der Waals surface area (Å²) in [4.78, 5) is 2.31. The number of hydrogen-bond donors (Lipinski definition) is 0. The van der Waals surface area contributed by atoms with E-state index in [1.807, 2.05) is 12.1 Å². The van der Waals surface area contributed by atoms with E-state index in [1.165, 1.54) is 38.9 Å². The summed E-state index contributed by atoms with van der Waals surface area (Å²) >= 11 is 0. The van der Waals surface area contributed by atoms with Crippen LogP contribution in [0.25, 0.3) is 66.1 Å². The van der Waals surface area contributed by atoms with Crippen molar-refractivity contribution in [3.8, 4) is 22.3 Å². The molecule has 53 heavy (non-hydrogen) atoms. The van der Waals surface area contributed by atoms with E-state index in [0.717, 1.165) is 60.9 Å². The van der Waals surface area contributed by atoms with Crippen molar-refractivity contribution >= 4 is 60.9 Å². The lowest BCUT2D eigenvalue weighted by molar-refractivity contribution is 0.667. The number of rotatable bonds is 5. The molecule has 1 aliphatic carbocycles. The third kappa shape index (κ3) is 4.47. The summed E-state index contributed by atoms with van der Waals surface area (Å²) in [6, 6.07) is 65.0. The predicted octanol–water partition coefficient (Wildman–Crippen LogP) is 14.0. The molecule has 0 aliphatic heterocycles. The predicted molar refractivity (Wildman–Crippen MR) is 219 cm³/mol. The Balaban J connectivity index is 1.06. The van der Waals surface area contributed by atoms with E-state index in [2.05, 4.69) is 182 Å². The second-order valence-corrected chi connectivity index (χ2v) is 14.2. The molecule has 250 valence electrons. The lowest BCUT2D eigenvalue weighted by Gasteiger charge is -2.28. The third-order valence-electron chi connectivity index (χ3n) is 11.4. The van der Waals surface area contributed by atoms with Crippen molar-refractivity contribution in [3.05, 3.63) is 199 Å². The Labute approximate surface area is 307 Å². The summed E-state index contributed by atoms with van der Waals surface area (Å²) in [5.41, 5.74) is 15.3. The zero-order valence-corrected chi connectivity index (χ0v) is 29.1. The highest BCUT2D eigenvalue weighted by molar-refractivity contribution is 6.08. The second-order valence-electron chi connectivity index (χ2n) is 14.2. The fourth-order valence-electron chi connectivity index (χ4n) is 8.71. The van der Waals surface area contributed by atoms with Crippen molar-refractivity contribution in [3.63, 3.8) is 0 Å². The van der Waals surface area contributed by atoms with Gasteiger partial charge in [-0.1, -0.05) is 115 Å². The van der Waals surface area contributed by atoms with Crippen LogP contribution in [0.5, 0.6) is 0 Å². The highest BCUT2D eigenvalue weighted by atomic mass is 16.3. The molecule has 0 N–H and O–H groups in total. The largest absolute Gasteiger partial charge is 0.456 e. The summed E-state index contributed by atoms with van der Waals surface area (Å²) in [7, 11) is 0. The quantitative estimate of drug-likeness (QED) is 0.181. The van der Waals surface area contributed by atoms with Gasteiger partial charge in [-0.25, -0.2) is 0 Å². The number of nitrogens with zero attached hydrogens (tertiary/aromatic N) is 1. The zero-order valence-electron chi connectivity index (χ0n) is 29.1. The molecule has 3 nitrogen and oxygen atoms in total. The smallest absolute Gasteiger partial charge is 0.137 e. The van der Waals surface area contributed by atoms with Crippen molar-refractivity contribution in [1.82, 2.24) is 0 Å². The van der Waals surface area contributed by atoms with Crippen LogP contribution in [0.4, 0.5) is 17.1 Å². The van der Waals surface area contributed by atoms with Gasteiger partial charge in [-0.3, -0.25) is 0 Å². The molecule has 10 aromatic rings. The molecule has 0 saturated heterocycles. The third-order valence-corrected chi connectivity index (χ3v) is 11.4. The molecule has 0 amide bonds. The second kappa shape index (κ2) is 11.3. The molecule has 0 atom stereocenters. The summed E-state index contributed by atoms with van der Waals surface area (Å²) in [6.07, 6.45) is 0. The Morgan fingerprint density at radius 1 is 0.377 bits per heavy atom. The maximum Gasteiger partial charge on any atom is 0.137 e. The van der Waals surface area contributed by atoms with Crippen LogP contribution in [-0.2, 0) is 5.41 Å². The van der Waals surface area contributed by atoms with Gasteiger partial charge in [0.2, 0.25) is 0 Å². The lowest BCUT2D eigenvalue weighted by Crippen LogP contribution is -2.22. The number of hydrogen-bond acceptors (Lipinski definition) is 3. The monoisotopic (exact) mass is 679 g/mol. The fourth-order valence-corrected chi connectivity index (χ4v) is 8.71. The molecule has 0 saturated carbocycles. The van der Waals surface area contributed by atoms with Crippen molar-refractivity contribution in [2.75, 3.05) is 4.90 Å². The minimum absolute atomic E-state index is 0.274. The van der Waals surface area contributed by atoms with E-state index >= 15 is 0 Å². The van der Waals surface area contributed by atoms with Crippen LogP contribution in [0.15, 0.2) is 191 Å². The van der Waals surface area contributed by atoms with E-state index in [9.17, 15) is 0 Å². The van der Waals surface area contributed by atoms with Crippen molar-refractivity contribution in [2.24, 2.45) is 0 Å². The number of anilines is 3. The topological polar surface area (TPSA) is 29.5 Å². The van der Waals surface area contributed by atoms with Crippen molar-refractivity contribution in [1.29, 1.82) is 0 Å². The van der Waals surface area contributed by atoms with Crippen LogP contribution in [-0.4, -0.2) is 0 Å². The van der Waals surface area contributed by atoms with Crippen LogP contribution in [0.3, 0.4) is 0 Å². The van der Waals surface area contributed by atoms with Gasteiger partial charge >= 0.3 is 0 Å². The Bertz CT molecular complexity index is 2980. The summed E-state index contributed by atoms with van der Waals surface area (Å²) in [5, 5.41) is 4.42. The van der Waals surface area contributed by atoms with E-state index in [-0.39, 0.29) is 5.41 Å². The molecule has 0 spiro atoms. The van der Waals surface area contributed by atoms with Crippen LogP contribution in [0.2, 0.25) is 0 Å². The van der Waals surface area contributed by atoms with Gasteiger partial charge in [-0.15, -0.1) is 0 Å². The standard InChI is InChI=1S/C50H33NO2/c1-50(44-16-8-5-13-38(44)39-14-6-9-17-45(39)50)34-21-27-47-42(29-34)41-26-24-37(31-49(41)53-47)51(35-22-19-33(20-23-35)32-11-3-2-4-12-32)36-25-28-48-43(30-36)40-15-7-10-18-46(40)52-48/h2-31H,1H3. The Hall–Kier alpha value is -6.84. The summed E-state index contributed by atoms with van der Waals surface area (Å²) < 4.78 is 12.9. The van der Waals surface area contributed by atoms with Crippen LogP contribution >= 0.6 is 0 Å². The van der Waals surface area contributed by atoms with Crippen LogP contribution in [0.1, 0.15) is 23.6 Å². The van der Waals surface area contributed by atoms with Crippen molar-refractivity contribution < 1.29 is 8.83 Å². The molecule has 0 fully saturated rings. The maximum absolute atomic E-state index is 6.66. The van der Waals surface area contributed by atoms with E-state index in [1.54, 1.807) is 0 Å². The SMILES string of the molecule is CC1(c2ccc3oc4cc(N(c5ccc(-c6ccccc6)cc5)c5ccc6oc7ccccc7c6c5)ccc4c3c2)c2ccccc2-c2ccccc21. The van der Waals surface area contributed by atoms with Gasteiger partial charge in [-0.2, -0.15) is 0 Å². The highest BCUT2D eigenvalue weighted by Gasteiger charge is 2.40. The molecule has 8 aromatic carbocycles. The highest BCUT2D eigenvalue weighted by Crippen LogP contribution is 2.53. The van der Waals surface area contributed by atoms with Gasteiger partial charge in [0.15, 0.2) is 0 Å². The molecular weight excluding hydrogens is 647 g/mol. The van der Waals surface area contributed by atoms with Crippen molar-refractivity contribution in [2.45, 2.75) is 12.3 Å². The van der Waals surface area contributed by atoms with Gasteiger partial charge in [0.05, 0.1) is 0 Å². The first-order valence-electron chi connectivity index (χ1n) is 18.2. The number of furan rings is 2. The van der Waals surface area contributed by atoms with Crippen LogP contribution < -0.4 is 4.90 Å². The zero-order chi connectivity index (χ0) is 35.1. The normalized spacial score (nSPS) is 13.2. The van der Waals surface area contributed by atoms with Crippen LogP contribution in [0, 0.1) is 0 Å². The Morgan fingerprint density at radius 2 is 0.906 bits per heavy atom.